The molecule has 1 atom stereocenters. The quantitative estimate of drug-likeness (QED) is 0.792. The third kappa shape index (κ3) is 1.84. The highest BCUT2D eigenvalue weighted by Crippen LogP contribution is 2.30. The van der Waals surface area contributed by atoms with Gasteiger partial charge in [-0.15, -0.1) is 0 Å². The van der Waals surface area contributed by atoms with Crippen LogP contribution >= 0.6 is 0 Å². The van der Waals surface area contributed by atoms with Gasteiger partial charge in [0.2, 0.25) is 0 Å². The van der Waals surface area contributed by atoms with Crippen LogP contribution in [0.1, 0.15) is 51.0 Å². The maximum atomic E-state index is 11.1. The number of nitrogens with zero attached hydrogens (tertiary/aromatic N) is 2. The van der Waals surface area contributed by atoms with Crippen LogP contribution in [0, 0.1) is 0 Å². The summed E-state index contributed by atoms with van der Waals surface area (Å²) < 4.78 is 2.00. The van der Waals surface area contributed by atoms with Crippen LogP contribution in [0.3, 0.4) is 0 Å². The number of carbonyl (C=O) groups is 1. The summed E-state index contributed by atoms with van der Waals surface area (Å²) in [5.41, 5.74) is 0.962. The Labute approximate surface area is 95.3 Å². The SMILES string of the molecule is CC(C)(C)c1cn2c(n1)C(C(=O)O)CCC2. The van der Waals surface area contributed by atoms with Crippen molar-refractivity contribution in [3.8, 4) is 0 Å². The molecule has 4 nitrogen and oxygen atoms in total. The summed E-state index contributed by atoms with van der Waals surface area (Å²) in [7, 11) is 0. The fourth-order valence-corrected chi connectivity index (χ4v) is 2.08. The molecule has 0 fully saturated rings. The molecule has 1 aliphatic rings. The number of aryl methyl sites for hydroxylation is 1. The van der Waals surface area contributed by atoms with Crippen molar-refractivity contribution in [3.63, 3.8) is 0 Å². The van der Waals surface area contributed by atoms with E-state index >= 15 is 0 Å². The highest BCUT2D eigenvalue weighted by molar-refractivity contribution is 5.75. The average Bonchev–Trinajstić information content (AvgIpc) is 2.59. The molecule has 0 amide bonds. The van der Waals surface area contributed by atoms with Gasteiger partial charge in [0.25, 0.3) is 0 Å². The summed E-state index contributed by atoms with van der Waals surface area (Å²) in [5.74, 6) is -0.458. The Kier molecular flexibility index (Phi) is 2.52. The average molecular weight is 222 g/mol. The lowest BCUT2D eigenvalue weighted by Crippen LogP contribution is -2.22. The first-order valence-electron chi connectivity index (χ1n) is 5.70. The van der Waals surface area contributed by atoms with Gasteiger partial charge in [-0.2, -0.15) is 0 Å². The fraction of sp³-hybridized carbons (Fsp3) is 0.667. The lowest BCUT2D eigenvalue weighted by atomic mass is 9.93. The van der Waals surface area contributed by atoms with Crippen LogP contribution in [0.4, 0.5) is 0 Å². The van der Waals surface area contributed by atoms with Crippen molar-refractivity contribution in [1.82, 2.24) is 9.55 Å². The lowest BCUT2D eigenvalue weighted by molar-refractivity contribution is -0.139. The summed E-state index contributed by atoms with van der Waals surface area (Å²) in [6.07, 6.45) is 3.63. The van der Waals surface area contributed by atoms with E-state index in [0.29, 0.717) is 6.42 Å². The summed E-state index contributed by atoms with van der Waals surface area (Å²) in [6.45, 7) is 7.17. The van der Waals surface area contributed by atoms with Gasteiger partial charge in [-0.25, -0.2) is 4.98 Å². The summed E-state index contributed by atoms with van der Waals surface area (Å²) in [6, 6.07) is 0. The Morgan fingerprint density at radius 1 is 1.56 bits per heavy atom. The molecule has 16 heavy (non-hydrogen) atoms. The molecule has 88 valence electrons. The zero-order valence-electron chi connectivity index (χ0n) is 10.0. The van der Waals surface area contributed by atoms with Gasteiger partial charge in [-0.1, -0.05) is 20.8 Å². The standard InChI is InChI=1S/C12H18N2O2/c1-12(2,3)9-7-14-6-4-5-8(11(15)16)10(14)13-9/h7-8H,4-6H2,1-3H3,(H,15,16). The lowest BCUT2D eigenvalue weighted by Gasteiger charge is -2.19. The molecule has 0 saturated heterocycles. The number of carboxylic acids is 1. The monoisotopic (exact) mass is 222 g/mol. The normalized spacial score (nSPS) is 20.6. The molecule has 1 aromatic heterocycles. The molecule has 2 heterocycles. The van der Waals surface area contributed by atoms with Gasteiger partial charge < -0.3 is 9.67 Å². The van der Waals surface area contributed by atoms with Crippen molar-refractivity contribution in [1.29, 1.82) is 0 Å². The highest BCUT2D eigenvalue weighted by Gasteiger charge is 2.30. The maximum Gasteiger partial charge on any atom is 0.314 e. The molecule has 1 N–H and O–H groups in total. The minimum atomic E-state index is -0.757. The second-order valence-corrected chi connectivity index (χ2v) is 5.46. The molecular weight excluding hydrogens is 204 g/mol. The van der Waals surface area contributed by atoms with E-state index in [4.69, 9.17) is 5.11 Å². The first-order valence-corrected chi connectivity index (χ1v) is 5.70. The smallest absolute Gasteiger partial charge is 0.314 e. The van der Waals surface area contributed by atoms with Crippen LogP contribution < -0.4 is 0 Å². The van der Waals surface area contributed by atoms with Crippen LogP contribution in [0.15, 0.2) is 6.20 Å². The maximum absolute atomic E-state index is 11.1. The third-order valence-corrected chi connectivity index (χ3v) is 3.08. The van der Waals surface area contributed by atoms with Gasteiger partial charge in [-0.3, -0.25) is 4.79 Å². The minimum absolute atomic E-state index is 0.0204. The van der Waals surface area contributed by atoms with E-state index in [-0.39, 0.29) is 5.41 Å². The van der Waals surface area contributed by atoms with E-state index in [1.165, 1.54) is 0 Å². The van der Waals surface area contributed by atoms with Crippen LogP contribution in [-0.4, -0.2) is 20.6 Å². The van der Waals surface area contributed by atoms with E-state index in [1.54, 1.807) is 0 Å². The Balaban J connectivity index is 2.42. The Hall–Kier alpha value is -1.32. The van der Waals surface area contributed by atoms with Crippen LogP contribution in [0.5, 0.6) is 0 Å². The molecular formula is C12H18N2O2. The van der Waals surface area contributed by atoms with Crippen molar-refractivity contribution in [2.75, 3.05) is 0 Å². The number of hydrogen-bond donors (Lipinski definition) is 1. The Morgan fingerprint density at radius 3 is 2.81 bits per heavy atom. The zero-order chi connectivity index (χ0) is 11.9. The van der Waals surface area contributed by atoms with Gasteiger partial charge in [0.05, 0.1) is 5.69 Å². The predicted molar refractivity (Wildman–Crippen MR) is 60.5 cm³/mol. The van der Waals surface area contributed by atoms with E-state index in [2.05, 4.69) is 25.8 Å². The zero-order valence-corrected chi connectivity index (χ0v) is 10.0. The Bertz CT molecular complexity index is 415. The van der Waals surface area contributed by atoms with Crippen molar-refractivity contribution in [3.05, 3.63) is 17.7 Å². The van der Waals surface area contributed by atoms with Crippen molar-refractivity contribution in [2.45, 2.75) is 51.5 Å². The molecule has 1 aromatic rings. The summed E-state index contributed by atoms with van der Waals surface area (Å²) in [4.78, 5) is 15.6. The number of aliphatic carboxylic acids is 1. The molecule has 0 aromatic carbocycles. The van der Waals surface area contributed by atoms with Gasteiger partial charge in [0, 0.05) is 18.2 Å². The van der Waals surface area contributed by atoms with Gasteiger partial charge in [0.1, 0.15) is 11.7 Å². The number of aromatic nitrogens is 2. The molecule has 4 heteroatoms. The van der Waals surface area contributed by atoms with Crippen LogP contribution in [0.25, 0.3) is 0 Å². The number of rotatable bonds is 1. The molecule has 0 aliphatic carbocycles. The van der Waals surface area contributed by atoms with Crippen LogP contribution in [0.2, 0.25) is 0 Å². The minimum Gasteiger partial charge on any atom is -0.481 e. The fourth-order valence-electron chi connectivity index (χ4n) is 2.08. The van der Waals surface area contributed by atoms with Crippen molar-refractivity contribution >= 4 is 5.97 Å². The molecule has 0 bridgehead atoms. The van der Waals surface area contributed by atoms with Gasteiger partial charge >= 0.3 is 5.97 Å². The first-order chi connectivity index (χ1) is 7.39. The number of hydrogen-bond acceptors (Lipinski definition) is 2. The predicted octanol–water partition coefficient (Wildman–Crippen LogP) is 2.14. The van der Waals surface area contributed by atoms with Gasteiger partial charge in [-0.05, 0) is 12.8 Å². The summed E-state index contributed by atoms with van der Waals surface area (Å²) >= 11 is 0. The van der Waals surface area contributed by atoms with E-state index in [9.17, 15) is 4.79 Å². The van der Waals surface area contributed by atoms with Crippen molar-refractivity contribution < 1.29 is 9.90 Å². The first kappa shape index (κ1) is 11.2. The highest BCUT2D eigenvalue weighted by atomic mass is 16.4. The number of fused-ring (bicyclic) bond motifs is 1. The number of imidazole rings is 1. The largest absolute Gasteiger partial charge is 0.481 e. The molecule has 0 saturated carbocycles. The molecule has 0 radical (unpaired) electrons. The topological polar surface area (TPSA) is 55.1 Å². The van der Waals surface area contributed by atoms with Gasteiger partial charge in [0.15, 0.2) is 0 Å². The number of carboxylic acid groups (broad SMARTS) is 1. The molecule has 1 aliphatic heterocycles. The summed E-state index contributed by atoms with van der Waals surface area (Å²) in [5, 5.41) is 9.14. The van der Waals surface area contributed by atoms with E-state index in [1.807, 2.05) is 10.8 Å². The molecule has 1 unspecified atom stereocenters. The molecule has 0 spiro atoms. The van der Waals surface area contributed by atoms with E-state index in [0.717, 1.165) is 24.5 Å². The Morgan fingerprint density at radius 2 is 2.25 bits per heavy atom. The van der Waals surface area contributed by atoms with Crippen LogP contribution in [-0.2, 0) is 16.8 Å². The van der Waals surface area contributed by atoms with E-state index < -0.39 is 11.9 Å². The molecule has 2 rings (SSSR count). The second kappa shape index (κ2) is 3.61. The second-order valence-electron chi connectivity index (χ2n) is 5.46. The third-order valence-electron chi connectivity index (χ3n) is 3.08. The van der Waals surface area contributed by atoms with Crippen molar-refractivity contribution in [2.24, 2.45) is 0 Å².